The van der Waals surface area contributed by atoms with Crippen LogP contribution in [0.1, 0.15) is 38.3 Å². The Balaban J connectivity index is 1.74. The summed E-state index contributed by atoms with van der Waals surface area (Å²) in [7, 11) is 0. The van der Waals surface area contributed by atoms with Crippen molar-refractivity contribution in [2.24, 2.45) is 0 Å². The molecule has 148 valence electrons. The summed E-state index contributed by atoms with van der Waals surface area (Å²) < 4.78 is 7.16. The maximum Gasteiger partial charge on any atom is 0.341 e. The van der Waals surface area contributed by atoms with Crippen LogP contribution in [0.25, 0.3) is 16.1 Å². The molecule has 29 heavy (non-hydrogen) atoms. The number of nitrogens with one attached hydrogen (secondary N) is 1. The molecule has 0 spiro atoms. The average Bonchev–Trinajstić information content (AvgIpc) is 3.37. The molecule has 1 amide bonds. The van der Waals surface area contributed by atoms with Gasteiger partial charge in [0, 0.05) is 27.7 Å². The number of anilines is 1. The van der Waals surface area contributed by atoms with Crippen molar-refractivity contribution in [1.29, 1.82) is 0 Å². The molecule has 4 rings (SSSR count). The van der Waals surface area contributed by atoms with Crippen molar-refractivity contribution in [1.82, 2.24) is 9.38 Å². The first-order chi connectivity index (χ1) is 14.0. The highest BCUT2D eigenvalue weighted by Gasteiger charge is 2.26. The predicted molar refractivity (Wildman–Crippen MR) is 116 cm³/mol. The summed E-state index contributed by atoms with van der Waals surface area (Å²) in [5.41, 5.74) is 3.39. The van der Waals surface area contributed by atoms with Crippen LogP contribution in [0.3, 0.4) is 0 Å². The van der Waals surface area contributed by atoms with E-state index in [9.17, 15) is 9.59 Å². The van der Waals surface area contributed by atoms with Gasteiger partial charge in [-0.15, -0.1) is 22.7 Å². The topological polar surface area (TPSA) is 72.7 Å². The van der Waals surface area contributed by atoms with Gasteiger partial charge in [-0.2, -0.15) is 0 Å². The fourth-order valence-corrected chi connectivity index (χ4v) is 5.06. The summed E-state index contributed by atoms with van der Waals surface area (Å²) in [6.07, 6.45) is 1.71. The molecule has 0 aliphatic carbocycles. The van der Waals surface area contributed by atoms with Crippen LogP contribution in [0.5, 0.6) is 0 Å². The number of amides is 1. The molecular formula is C21H19N3O3S2. The summed E-state index contributed by atoms with van der Waals surface area (Å²) >= 11 is 2.84. The molecule has 8 heteroatoms. The van der Waals surface area contributed by atoms with Crippen LogP contribution >= 0.6 is 22.7 Å². The number of thiophene rings is 1. The molecule has 1 N–H and O–H groups in total. The molecule has 0 atom stereocenters. The Bertz CT molecular complexity index is 1200. The van der Waals surface area contributed by atoms with Crippen molar-refractivity contribution >= 4 is 44.5 Å². The molecule has 0 saturated carbocycles. The third-order valence-corrected chi connectivity index (χ3v) is 6.45. The van der Waals surface area contributed by atoms with Crippen LogP contribution in [-0.4, -0.2) is 27.9 Å². The maximum absolute atomic E-state index is 12.9. The van der Waals surface area contributed by atoms with E-state index in [4.69, 9.17) is 4.74 Å². The second kappa shape index (κ2) is 7.81. The number of fused-ring (bicyclic) bond motifs is 1. The van der Waals surface area contributed by atoms with E-state index in [0.29, 0.717) is 16.3 Å². The van der Waals surface area contributed by atoms with Gasteiger partial charge in [-0.1, -0.05) is 30.3 Å². The zero-order valence-corrected chi connectivity index (χ0v) is 17.8. The fraction of sp³-hybridized carbons (Fsp3) is 0.190. The van der Waals surface area contributed by atoms with E-state index in [0.717, 1.165) is 26.7 Å². The third-order valence-electron chi connectivity index (χ3n) is 4.47. The van der Waals surface area contributed by atoms with Gasteiger partial charge in [0.1, 0.15) is 16.3 Å². The summed E-state index contributed by atoms with van der Waals surface area (Å²) in [6, 6.07) is 9.63. The van der Waals surface area contributed by atoms with Gasteiger partial charge in [-0.25, -0.2) is 9.78 Å². The molecule has 6 nitrogen and oxygen atoms in total. The molecule has 3 heterocycles. The number of hydrogen-bond acceptors (Lipinski definition) is 6. The van der Waals surface area contributed by atoms with E-state index in [1.165, 1.54) is 22.7 Å². The highest BCUT2D eigenvalue weighted by molar-refractivity contribution is 7.17. The number of carbonyl (C=O) groups excluding carboxylic acids is 2. The standard InChI is InChI=1S/C21H19N3O3S2/c1-4-27-20(26)17-16(14-8-6-5-7-9-14)13(3)29-19(17)23-18(25)15-10-24-12(2)11-28-21(24)22-15/h5-11H,4H2,1-3H3,(H,23,25). The zero-order chi connectivity index (χ0) is 20.5. The van der Waals surface area contributed by atoms with Crippen LogP contribution in [0.15, 0.2) is 41.9 Å². The number of aryl methyl sites for hydroxylation is 2. The third kappa shape index (κ3) is 3.56. The first-order valence-electron chi connectivity index (χ1n) is 9.10. The highest BCUT2D eigenvalue weighted by Crippen LogP contribution is 2.40. The summed E-state index contributed by atoms with van der Waals surface area (Å²) in [5, 5.41) is 5.33. The van der Waals surface area contributed by atoms with E-state index in [1.54, 1.807) is 13.1 Å². The van der Waals surface area contributed by atoms with Gasteiger partial charge < -0.3 is 10.1 Å². The first-order valence-corrected chi connectivity index (χ1v) is 10.8. The quantitative estimate of drug-likeness (QED) is 0.448. The highest BCUT2D eigenvalue weighted by atomic mass is 32.1. The van der Waals surface area contributed by atoms with Crippen molar-refractivity contribution in [3.8, 4) is 11.1 Å². The fourth-order valence-electron chi connectivity index (χ4n) is 3.15. The minimum absolute atomic E-state index is 0.256. The normalized spacial score (nSPS) is 11.0. The predicted octanol–water partition coefficient (Wildman–Crippen LogP) is 5.17. The van der Waals surface area contributed by atoms with Gasteiger partial charge in [0.05, 0.1) is 6.61 Å². The van der Waals surface area contributed by atoms with E-state index in [1.807, 2.05) is 54.0 Å². The Hall–Kier alpha value is -2.97. The van der Waals surface area contributed by atoms with Crippen LogP contribution in [-0.2, 0) is 4.74 Å². The second-order valence-corrected chi connectivity index (χ2v) is 8.50. The van der Waals surface area contributed by atoms with Crippen LogP contribution in [0.4, 0.5) is 5.00 Å². The van der Waals surface area contributed by atoms with Gasteiger partial charge in [0.15, 0.2) is 4.96 Å². The number of ether oxygens (including phenoxy) is 1. The number of esters is 1. The number of carbonyl (C=O) groups is 2. The summed E-state index contributed by atoms with van der Waals surface area (Å²) in [5.74, 6) is -0.806. The van der Waals surface area contributed by atoms with Crippen molar-refractivity contribution in [3.05, 3.63) is 63.7 Å². The molecule has 3 aromatic heterocycles. The average molecular weight is 426 g/mol. The Labute approximate surface area is 175 Å². The number of rotatable bonds is 5. The van der Waals surface area contributed by atoms with Gasteiger partial charge in [0.25, 0.3) is 5.91 Å². The Kier molecular flexibility index (Phi) is 5.21. The number of nitrogens with zero attached hydrogens (tertiary/aromatic N) is 2. The SMILES string of the molecule is CCOC(=O)c1c(NC(=O)c2cn3c(C)csc3n2)sc(C)c1-c1ccccc1. The molecular weight excluding hydrogens is 406 g/mol. The van der Waals surface area contributed by atoms with Crippen LogP contribution in [0, 0.1) is 13.8 Å². The number of imidazole rings is 1. The Morgan fingerprint density at radius 1 is 1.21 bits per heavy atom. The minimum atomic E-state index is -0.451. The molecule has 1 aromatic carbocycles. The zero-order valence-electron chi connectivity index (χ0n) is 16.2. The largest absolute Gasteiger partial charge is 0.462 e. The lowest BCUT2D eigenvalue weighted by Gasteiger charge is -2.08. The molecule has 0 aliphatic heterocycles. The molecule has 0 aliphatic rings. The summed E-state index contributed by atoms with van der Waals surface area (Å²) in [6.45, 7) is 5.91. The van der Waals surface area contributed by atoms with Crippen LogP contribution < -0.4 is 5.32 Å². The molecule has 0 saturated heterocycles. The lowest BCUT2D eigenvalue weighted by molar-refractivity contribution is 0.0529. The van der Waals surface area contributed by atoms with Gasteiger partial charge in [-0.05, 0) is 26.3 Å². The van der Waals surface area contributed by atoms with Crippen molar-refractivity contribution in [2.45, 2.75) is 20.8 Å². The number of thiazole rings is 1. The smallest absolute Gasteiger partial charge is 0.341 e. The maximum atomic E-state index is 12.9. The van der Waals surface area contributed by atoms with Crippen molar-refractivity contribution in [3.63, 3.8) is 0 Å². The molecule has 0 fully saturated rings. The van der Waals surface area contributed by atoms with Crippen LogP contribution in [0.2, 0.25) is 0 Å². The Morgan fingerprint density at radius 2 is 1.97 bits per heavy atom. The van der Waals surface area contributed by atoms with Gasteiger partial charge >= 0.3 is 5.97 Å². The van der Waals surface area contributed by atoms with E-state index in [-0.39, 0.29) is 12.5 Å². The van der Waals surface area contributed by atoms with E-state index < -0.39 is 5.97 Å². The minimum Gasteiger partial charge on any atom is -0.462 e. The van der Waals surface area contributed by atoms with Crippen molar-refractivity contribution in [2.75, 3.05) is 11.9 Å². The number of benzene rings is 1. The van der Waals surface area contributed by atoms with E-state index in [2.05, 4.69) is 10.3 Å². The number of hydrogen-bond donors (Lipinski definition) is 1. The lowest BCUT2D eigenvalue weighted by atomic mass is 10.0. The molecule has 4 aromatic rings. The lowest BCUT2D eigenvalue weighted by Crippen LogP contribution is -2.15. The van der Waals surface area contributed by atoms with Crippen molar-refractivity contribution < 1.29 is 14.3 Å². The van der Waals surface area contributed by atoms with Gasteiger partial charge in [-0.3, -0.25) is 9.20 Å². The number of aromatic nitrogens is 2. The van der Waals surface area contributed by atoms with E-state index >= 15 is 0 Å². The summed E-state index contributed by atoms with van der Waals surface area (Å²) in [4.78, 5) is 31.7. The second-order valence-electron chi connectivity index (χ2n) is 6.43. The molecule has 0 radical (unpaired) electrons. The molecule has 0 bridgehead atoms. The Morgan fingerprint density at radius 3 is 2.66 bits per heavy atom. The first kappa shape index (κ1) is 19.4. The molecule has 0 unspecified atom stereocenters. The monoisotopic (exact) mass is 425 g/mol. The van der Waals surface area contributed by atoms with Gasteiger partial charge in [0.2, 0.25) is 0 Å².